The lowest BCUT2D eigenvalue weighted by atomic mass is 10.1. The Morgan fingerprint density at radius 1 is 1.06 bits per heavy atom. The Hall–Kier alpha value is -3.67. The van der Waals surface area contributed by atoms with E-state index in [0.717, 1.165) is 59.1 Å². The Morgan fingerprint density at radius 3 is 2.70 bits per heavy atom. The Labute approximate surface area is 194 Å². The molecule has 6 heteroatoms. The summed E-state index contributed by atoms with van der Waals surface area (Å²) in [5.74, 6) is 2.73. The van der Waals surface area contributed by atoms with Crippen molar-refractivity contribution < 1.29 is 13.9 Å². The fraction of sp³-hybridized carbons (Fsp3) is 0.296. The van der Waals surface area contributed by atoms with Gasteiger partial charge in [0.05, 0.1) is 25.1 Å². The van der Waals surface area contributed by atoms with Gasteiger partial charge in [0.1, 0.15) is 23.0 Å². The molecule has 0 unspecified atom stereocenters. The minimum absolute atomic E-state index is 0.248. The molecule has 3 aromatic heterocycles. The van der Waals surface area contributed by atoms with Gasteiger partial charge >= 0.3 is 0 Å². The number of aromatic nitrogens is 3. The largest absolute Gasteiger partial charge is 0.493 e. The van der Waals surface area contributed by atoms with E-state index in [9.17, 15) is 4.79 Å². The molecule has 0 atom stereocenters. The van der Waals surface area contributed by atoms with Crippen molar-refractivity contribution in [2.24, 2.45) is 0 Å². The summed E-state index contributed by atoms with van der Waals surface area (Å²) in [6.45, 7) is 4.90. The summed E-state index contributed by atoms with van der Waals surface area (Å²) < 4.78 is 13.7. The standard InChI is InChI=1S/C27H29N3O3/c1-20-18-30(27(29-20)24-14-13-22(17-28-24)25-12-8-16-33-25)19-23-10-5-6-11-26(23)32-15-7-3-4-9-21(2)31/h5-6,8,10-14,16-18H,3-4,7,9,15,19H2,1-2H3. The number of para-hydroxylation sites is 1. The van der Waals surface area contributed by atoms with Crippen molar-refractivity contribution in [3.63, 3.8) is 0 Å². The predicted molar refractivity (Wildman–Crippen MR) is 128 cm³/mol. The van der Waals surface area contributed by atoms with Gasteiger partial charge in [0.25, 0.3) is 0 Å². The molecule has 6 nitrogen and oxygen atoms in total. The van der Waals surface area contributed by atoms with Gasteiger partial charge < -0.3 is 18.5 Å². The highest BCUT2D eigenvalue weighted by Gasteiger charge is 2.13. The first-order valence-electron chi connectivity index (χ1n) is 11.3. The van der Waals surface area contributed by atoms with Gasteiger partial charge in [-0.1, -0.05) is 18.2 Å². The first-order valence-corrected chi connectivity index (χ1v) is 11.3. The third-order valence-electron chi connectivity index (χ3n) is 5.44. The van der Waals surface area contributed by atoms with E-state index in [1.54, 1.807) is 13.2 Å². The summed E-state index contributed by atoms with van der Waals surface area (Å²) >= 11 is 0. The maximum atomic E-state index is 11.1. The smallest absolute Gasteiger partial charge is 0.159 e. The second-order valence-electron chi connectivity index (χ2n) is 8.21. The number of hydrogen-bond acceptors (Lipinski definition) is 5. The fourth-order valence-electron chi connectivity index (χ4n) is 3.78. The molecule has 0 bridgehead atoms. The molecule has 4 rings (SSSR count). The number of imidazole rings is 1. The Balaban J connectivity index is 1.45. The van der Waals surface area contributed by atoms with Gasteiger partial charge in [-0.05, 0) is 63.4 Å². The molecular formula is C27H29N3O3. The van der Waals surface area contributed by atoms with Gasteiger partial charge in [-0.2, -0.15) is 0 Å². The van der Waals surface area contributed by atoms with Crippen LogP contribution in [0.4, 0.5) is 0 Å². The van der Waals surface area contributed by atoms with E-state index in [1.165, 1.54) is 0 Å². The molecule has 33 heavy (non-hydrogen) atoms. The number of unbranched alkanes of at least 4 members (excludes halogenated alkanes) is 2. The van der Waals surface area contributed by atoms with Crippen molar-refractivity contribution in [3.05, 3.63) is 78.4 Å². The van der Waals surface area contributed by atoms with E-state index in [4.69, 9.17) is 14.1 Å². The van der Waals surface area contributed by atoms with Crippen LogP contribution >= 0.6 is 0 Å². The van der Waals surface area contributed by atoms with Crippen molar-refractivity contribution in [1.29, 1.82) is 0 Å². The van der Waals surface area contributed by atoms with Crippen LogP contribution < -0.4 is 4.74 Å². The number of nitrogens with zero attached hydrogens (tertiary/aromatic N) is 3. The van der Waals surface area contributed by atoms with E-state index in [0.29, 0.717) is 19.6 Å². The molecule has 0 aliphatic heterocycles. The second kappa shape index (κ2) is 10.8. The molecule has 0 saturated carbocycles. The summed E-state index contributed by atoms with van der Waals surface area (Å²) in [5, 5.41) is 0. The summed E-state index contributed by atoms with van der Waals surface area (Å²) in [7, 11) is 0. The SMILES string of the molecule is CC(=O)CCCCCOc1ccccc1Cn1cc(C)nc1-c1ccc(-c2ccco2)cn1. The molecule has 4 aromatic rings. The summed E-state index contributed by atoms with van der Waals surface area (Å²) in [4.78, 5) is 20.4. The molecule has 0 aliphatic rings. The molecule has 3 heterocycles. The quantitative estimate of drug-likeness (QED) is 0.262. The van der Waals surface area contributed by atoms with Crippen LogP contribution in [0.15, 0.2) is 71.6 Å². The third kappa shape index (κ3) is 5.98. The lowest BCUT2D eigenvalue weighted by Gasteiger charge is -2.13. The first kappa shape index (κ1) is 22.5. The Bertz CT molecular complexity index is 1180. The van der Waals surface area contributed by atoms with E-state index in [1.807, 2.05) is 61.8 Å². The van der Waals surface area contributed by atoms with E-state index in [2.05, 4.69) is 15.6 Å². The lowest BCUT2D eigenvalue weighted by molar-refractivity contribution is -0.117. The molecule has 0 amide bonds. The number of ketones is 1. The zero-order chi connectivity index (χ0) is 23.0. The summed E-state index contributed by atoms with van der Waals surface area (Å²) in [6.07, 6.45) is 9.00. The highest BCUT2D eigenvalue weighted by molar-refractivity contribution is 5.75. The number of rotatable bonds is 11. The predicted octanol–water partition coefficient (Wildman–Crippen LogP) is 6.09. The number of furan rings is 1. The monoisotopic (exact) mass is 443 g/mol. The number of aryl methyl sites for hydroxylation is 1. The van der Waals surface area contributed by atoms with Gasteiger partial charge in [-0.3, -0.25) is 4.98 Å². The molecule has 1 aromatic carbocycles. The van der Waals surface area contributed by atoms with Crippen molar-refractivity contribution in [1.82, 2.24) is 14.5 Å². The maximum Gasteiger partial charge on any atom is 0.159 e. The van der Waals surface area contributed by atoms with Gasteiger partial charge in [0.15, 0.2) is 5.82 Å². The Kier molecular flexibility index (Phi) is 7.35. The molecule has 0 spiro atoms. The number of Topliss-reactive ketones (excluding diaryl/α,β-unsaturated/α-hetero) is 1. The van der Waals surface area contributed by atoms with Crippen LogP contribution in [0.1, 0.15) is 43.9 Å². The first-order chi connectivity index (χ1) is 16.1. The lowest BCUT2D eigenvalue weighted by Crippen LogP contribution is -2.06. The number of hydrogen-bond donors (Lipinski definition) is 0. The fourth-order valence-corrected chi connectivity index (χ4v) is 3.78. The highest BCUT2D eigenvalue weighted by Crippen LogP contribution is 2.25. The van der Waals surface area contributed by atoms with Crippen molar-refractivity contribution in [2.45, 2.75) is 46.1 Å². The summed E-state index contributed by atoms with van der Waals surface area (Å²) in [6, 6.07) is 15.9. The average molecular weight is 444 g/mol. The topological polar surface area (TPSA) is 70.2 Å². The van der Waals surface area contributed by atoms with Crippen LogP contribution in [0, 0.1) is 6.92 Å². The average Bonchev–Trinajstić information content (AvgIpc) is 3.47. The third-order valence-corrected chi connectivity index (χ3v) is 5.44. The van der Waals surface area contributed by atoms with Gasteiger partial charge in [0.2, 0.25) is 0 Å². The molecule has 170 valence electrons. The second-order valence-corrected chi connectivity index (χ2v) is 8.21. The molecule has 0 fully saturated rings. The van der Waals surface area contributed by atoms with Crippen LogP contribution in [0.2, 0.25) is 0 Å². The van der Waals surface area contributed by atoms with Crippen molar-refractivity contribution in [2.75, 3.05) is 6.61 Å². The van der Waals surface area contributed by atoms with Crippen LogP contribution in [0.25, 0.3) is 22.8 Å². The molecule has 0 radical (unpaired) electrons. The minimum atomic E-state index is 0.248. The van der Waals surface area contributed by atoms with Gasteiger partial charge in [0, 0.05) is 29.9 Å². The zero-order valence-electron chi connectivity index (χ0n) is 19.2. The molecule has 0 saturated heterocycles. The van der Waals surface area contributed by atoms with E-state index >= 15 is 0 Å². The van der Waals surface area contributed by atoms with Gasteiger partial charge in [-0.15, -0.1) is 0 Å². The summed E-state index contributed by atoms with van der Waals surface area (Å²) in [5.41, 5.74) is 3.76. The highest BCUT2D eigenvalue weighted by atomic mass is 16.5. The van der Waals surface area contributed by atoms with E-state index in [-0.39, 0.29) is 5.78 Å². The number of carbonyl (C=O) groups is 1. The number of carbonyl (C=O) groups excluding carboxylic acids is 1. The van der Waals surface area contributed by atoms with Crippen LogP contribution in [0.3, 0.4) is 0 Å². The van der Waals surface area contributed by atoms with Crippen LogP contribution in [0.5, 0.6) is 5.75 Å². The van der Waals surface area contributed by atoms with Crippen LogP contribution in [-0.2, 0) is 11.3 Å². The van der Waals surface area contributed by atoms with Crippen LogP contribution in [-0.4, -0.2) is 26.9 Å². The molecular weight excluding hydrogens is 414 g/mol. The maximum absolute atomic E-state index is 11.1. The number of pyridine rings is 1. The Morgan fingerprint density at radius 2 is 1.94 bits per heavy atom. The normalized spacial score (nSPS) is 11.0. The van der Waals surface area contributed by atoms with E-state index < -0.39 is 0 Å². The zero-order valence-corrected chi connectivity index (χ0v) is 19.2. The van der Waals surface area contributed by atoms with Crippen molar-refractivity contribution in [3.8, 4) is 28.6 Å². The molecule has 0 N–H and O–H groups in total. The minimum Gasteiger partial charge on any atom is -0.493 e. The number of benzene rings is 1. The molecule has 0 aliphatic carbocycles. The number of ether oxygens (including phenoxy) is 1. The van der Waals surface area contributed by atoms with Gasteiger partial charge in [-0.25, -0.2) is 4.98 Å². The van der Waals surface area contributed by atoms with Crippen molar-refractivity contribution >= 4 is 5.78 Å².